The molecule has 7 heavy (non-hydrogen) atoms. The van der Waals surface area contributed by atoms with Crippen LogP contribution in [0.3, 0.4) is 0 Å². The van der Waals surface area contributed by atoms with Gasteiger partial charge in [0.15, 0.2) is 0 Å². The second-order valence-electron chi connectivity index (χ2n) is 0.408. The van der Waals surface area contributed by atoms with Crippen LogP contribution in [-0.2, 0) is 10.4 Å². The van der Waals surface area contributed by atoms with Crippen molar-refractivity contribution in [2.24, 2.45) is 0 Å². The fourth-order valence-corrected chi connectivity index (χ4v) is 0. The van der Waals surface area contributed by atoms with Gasteiger partial charge in [0.2, 0.25) is 0 Å². The van der Waals surface area contributed by atoms with Crippen LogP contribution in [0.5, 0.6) is 0 Å². The minimum Gasteiger partial charge on any atom is -0.759 e. The minimum atomic E-state index is -5.17. The first-order chi connectivity index (χ1) is 2.00. The Kier molecular flexibility index (Phi) is 14.3. The molecule has 0 rings (SSSR count). The Bertz CT molecular complexity index is 94.9. The molecule has 7 heteroatoms. The summed E-state index contributed by atoms with van der Waals surface area (Å²) in [5.74, 6) is 0. The molecular weight excluding hydrogens is 142 g/mol. The molecule has 0 atom stereocenters. The molecule has 0 heterocycles. The Morgan fingerprint density at radius 1 is 1.14 bits per heavy atom. The van der Waals surface area contributed by atoms with Gasteiger partial charge in [-0.3, -0.25) is 8.42 Å². The van der Waals surface area contributed by atoms with Gasteiger partial charge >= 0.3 is 70.2 Å². The predicted molar refractivity (Wildman–Crippen MR) is 10.5 cm³/mol. The smallest absolute Gasteiger partial charge is 0.759 e. The van der Waals surface area contributed by atoms with Crippen LogP contribution in [0.4, 0.5) is 0 Å². The number of hydrogen-bond donors (Lipinski definition) is 0. The van der Waals surface area contributed by atoms with Gasteiger partial charge in [-0.2, -0.15) is 0 Å². The third kappa shape index (κ3) is 68.2. The van der Waals surface area contributed by atoms with Crippen molar-refractivity contribution in [3.05, 3.63) is 0 Å². The van der Waals surface area contributed by atoms with E-state index >= 15 is 0 Å². The summed E-state index contributed by atoms with van der Waals surface area (Å²) >= 11 is 0. The topological polar surface area (TPSA) is 80.3 Å². The van der Waals surface area contributed by atoms with E-state index in [4.69, 9.17) is 17.5 Å². The van der Waals surface area contributed by atoms with Crippen LogP contribution in [0.25, 0.3) is 0 Å². The molecule has 0 aliphatic rings. The second-order valence-corrected chi connectivity index (χ2v) is 1.22. The summed E-state index contributed by atoms with van der Waals surface area (Å²) in [5, 5.41) is 0. The zero-order valence-electron chi connectivity index (χ0n) is 4.04. The van der Waals surface area contributed by atoms with Gasteiger partial charge in [0.05, 0.1) is 0 Å². The Morgan fingerprint density at radius 3 is 1.14 bits per heavy atom. The van der Waals surface area contributed by atoms with E-state index in [9.17, 15) is 0 Å². The normalized spacial score (nSPS) is 8.29. The van der Waals surface area contributed by atoms with E-state index in [1.54, 1.807) is 0 Å². The molecule has 0 saturated heterocycles. The van der Waals surface area contributed by atoms with Crippen molar-refractivity contribution in [1.29, 1.82) is 0 Å². The van der Waals surface area contributed by atoms with Gasteiger partial charge in [-0.05, 0) is 0 Å². The van der Waals surface area contributed by atoms with Gasteiger partial charge in [-0.1, -0.05) is 0 Å². The third-order valence-corrected chi connectivity index (χ3v) is 0. The summed E-state index contributed by atoms with van der Waals surface area (Å²) in [6.45, 7) is 0. The monoisotopic (exact) mass is 142 g/mol. The summed E-state index contributed by atoms with van der Waals surface area (Å²) in [6.07, 6.45) is 0. The van der Waals surface area contributed by atoms with E-state index in [1.807, 2.05) is 0 Å². The molecule has 0 aromatic rings. The van der Waals surface area contributed by atoms with Crippen LogP contribution in [-0.4, -0.2) is 17.5 Å². The van der Waals surface area contributed by atoms with E-state index in [1.165, 1.54) is 0 Å². The maximum absolute atomic E-state index is 8.52. The van der Waals surface area contributed by atoms with Gasteiger partial charge in [-0.25, -0.2) is 0 Å². The molecule has 0 spiro atoms. The van der Waals surface area contributed by atoms with Crippen molar-refractivity contribution in [1.82, 2.24) is 0 Å². The fourth-order valence-electron chi connectivity index (χ4n) is 0. The summed E-state index contributed by atoms with van der Waals surface area (Å²) < 4.78 is 34.1. The SMILES string of the molecule is O=S(=O)([O-])[O-].[K+].[Li+]. The maximum Gasteiger partial charge on any atom is 1.00 e. The average molecular weight is 142 g/mol. The van der Waals surface area contributed by atoms with E-state index in [-0.39, 0.29) is 70.2 Å². The molecule has 0 aromatic carbocycles. The van der Waals surface area contributed by atoms with E-state index < -0.39 is 10.4 Å². The summed E-state index contributed by atoms with van der Waals surface area (Å²) in [4.78, 5) is 0. The molecule has 0 aliphatic heterocycles. The van der Waals surface area contributed by atoms with Gasteiger partial charge < -0.3 is 9.11 Å². The van der Waals surface area contributed by atoms with Crippen LogP contribution < -0.4 is 70.2 Å². The summed E-state index contributed by atoms with van der Waals surface area (Å²) in [5.41, 5.74) is 0. The third-order valence-electron chi connectivity index (χ3n) is 0. The van der Waals surface area contributed by atoms with Crippen molar-refractivity contribution in [2.75, 3.05) is 0 Å². The number of rotatable bonds is 0. The quantitative estimate of drug-likeness (QED) is 0.191. The van der Waals surface area contributed by atoms with Gasteiger partial charge in [0, 0.05) is 10.4 Å². The first-order valence-electron chi connectivity index (χ1n) is 0.667. The van der Waals surface area contributed by atoms with Crippen molar-refractivity contribution in [3.8, 4) is 0 Å². The molecule has 0 bridgehead atoms. The van der Waals surface area contributed by atoms with Crippen LogP contribution in [0.1, 0.15) is 0 Å². The fraction of sp³-hybridized carbons (Fsp3) is 0. The molecule has 0 unspecified atom stereocenters. The van der Waals surface area contributed by atoms with Gasteiger partial charge in [0.1, 0.15) is 0 Å². The molecular formula is KLiO4S. The van der Waals surface area contributed by atoms with Crippen molar-refractivity contribution in [2.45, 2.75) is 0 Å². The van der Waals surface area contributed by atoms with Gasteiger partial charge in [0.25, 0.3) is 0 Å². The Balaban J connectivity index is -0.0000000800. The predicted octanol–water partition coefficient (Wildman–Crippen LogP) is -7.33. The van der Waals surface area contributed by atoms with E-state index in [0.29, 0.717) is 0 Å². The Hall–Kier alpha value is 2.10. The molecule has 0 saturated carbocycles. The van der Waals surface area contributed by atoms with Crippen molar-refractivity contribution >= 4 is 10.4 Å². The van der Waals surface area contributed by atoms with Crippen molar-refractivity contribution in [3.63, 3.8) is 0 Å². The Morgan fingerprint density at radius 2 is 1.14 bits per heavy atom. The van der Waals surface area contributed by atoms with Crippen LogP contribution in [0.2, 0.25) is 0 Å². The molecule has 0 aliphatic carbocycles. The van der Waals surface area contributed by atoms with Crippen LogP contribution in [0, 0.1) is 0 Å². The van der Waals surface area contributed by atoms with Gasteiger partial charge in [-0.15, -0.1) is 0 Å². The second kappa shape index (κ2) is 6.23. The molecule has 0 N–H and O–H groups in total. The summed E-state index contributed by atoms with van der Waals surface area (Å²) in [6, 6.07) is 0. The first kappa shape index (κ1) is 16.0. The maximum atomic E-state index is 8.52. The van der Waals surface area contributed by atoms with Crippen LogP contribution >= 0.6 is 0 Å². The Labute approximate surface area is 96.2 Å². The first-order valence-corrected chi connectivity index (χ1v) is 2.00. The number of hydrogen-bond acceptors (Lipinski definition) is 4. The molecule has 0 aromatic heterocycles. The van der Waals surface area contributed by atoms with Crippen molar-refractivity contribution < 1.29 is 87.8 Å². The molecule has 0 amide bonds. The largest absolute Gasteiger partial charge is 1.00 e. The zero-order chi connectivity index (χ0) is 4.50. The standard InChI is InChI=1S/K.Li.H2O4S/c;;1-5(2,3)4/h;;(H2,1,2,3,4)/q2*+1;/p-2. The molecule has 0 radical (unpaired) electrons. The molecule has 0 fully saturated rings. The summed E-state index contributed by atoms with van der Waals surface area (Å²) in [7, 11) is -5.17. The average Bonchev–Trinajstić information content (AvgIpc) is 0.722. The molecule has 32 valence electrons. The van der Waals surface area contributed by atoms with Crippen LogP contribution in [0.15, 0.2) is 0 Å². The zero-order valence-corrected chi connectivity index (χ0v) is 7.98. The van der Waals surface area contributed by atoms with E-state index in [2.05, 4.69) is 0 Å². The minimum absolute atomic E-state index is 0. The van der Waals surface area contributed by atoms with E-state index in [0.717, 1.165) is 0 Å². The molecule has 4 nitrogen and oxygen atoms in total.